The largest absolute Gasteiger partial charge is 0.463 e. The Morgan fingerprint density at radius 2 is 1.67 bits per heavy atom. The molecule has 0 spiro atoms. The molecule has 1 saturated heterocycles. The Hall–Kier alpha value is -1.79. The van der Waals surface area contributed by atoms with E-state index in [1.54, 1.807) is 6.92 Å². The molecule has 9 heteroatoms. The number of hydrogen-bond donors (Lipinski definition) is 0. The lowest BCUT2D eigenvalue weighted by molar-refractivity contribution is -0.212. The molecule has 1 aliphatic heterocycles. The topological polar surface area (TPSA) is 112 Å². The van der Waals surface area contributed by atoms with Gasteiger partial charge in [-0.15, -0.1) is 11.8 Å². The van der Waals surface area contributed by atoms with Gasteiger partial charge in [0, 0.05) is 26.7 Å². The van der Waals surface area contributed by atoms with Gasteiger partial charge in [-0.05, 0) is 0 Å². The third-order valence-electron chi connectivity index (χ3n) is 3.35. The number of hydrogen-bond acceptors (Lipinski definition) is 9. The van der Waals surface area contributed by atoms with Crippen molar-refractivity contribution < 1.29 is 33.3 Å². The van der Waals surface area contributed by atoms with Crippen molar-refractivity contribution in [3.8, 4) is 6.07 Å². The van der Waals surface area contributed by atoms with Gasteiger partial charge in [0.2, 0.25) is 0 Å². The second kappa shape index (κ2) is 9.49. The third-order valence-corrected chi connectivity index (χ3v) is 4.35. The van der Waals surface area contributed by atoms with Crippen LogP contribution in [0.3, 0.4) is 0 Å². The Kier molecular flexibility index (Phi) is 8.01. The first-order chi connectivity index (χ1) is 11.3. The van der Waals surface area contributed by atoms with Crippen LogP contribution in [0.5, 0.6) is 0 Å². The second-order valence-electron chi connectivity index (χ2n) is 5.32. The van der Waals surface area contributed by atoms with Crippen molar-refractivity contribution in [3.63, 3.8) is 0 Å². The Labute approximate surface area is 144 Å². The average molecular weight is 359 g/mol. The van der Waals surface area contributed by atoms with Crippen molar-refractivity contribution in [2.45, 2.75) is 51.4 Å². The number of nitrogens with zero attached hydrogens (tertiary/aromatic N) is 1. The molecule has 134 valence electrons. The number of rotatable bonds is 6. The predicted molar refractivity (Wildman–Crippen MR) is 83.6 cm³/mol. The highest BCUT2D eigenvalue weighted by Gasteiger charge is 2.47. The molecule has 0 aliphatic carbocycles. The molecule has 1 aliphatic rings. The van der Waals surface area contributed by atoms with Gasteiger partial charge in [0.1, 0.15) is 30.4 Å². The molecule has 0 bridgehead atoms. The van der Waals surface area contributed by atoms with Crippen molar-refractivity contribution in [3.05, 3.63) is 0 Å². The molecular formula is C15H21NO7S. The Bertz CT molecular complexity index is 516. The summed E-state index contributed by atoms with van der Waals surface area (Å²) in [5, 5.41) is 8.77. The van der Waals surface area contributed by atoms with E-state index in [0.717, 1.165) is 0 Å². The van der Waals surface area contributed by atoms with E-state index in [-0.39, 0.29) is 12.4 Å². The van der Waals surface area contributed by atoms with Crippen molar-refractivity contribution >= 4 is 29.7 Å². The summed E-state index contributed by atoms with van der Waals surface area (Å²) < 4.78 is 21.4. The monoisotopic (exact) mass is 359 g/mol. The maximum atomic E-state index is 11.4. The summed E-state index contributed by atoms with van der Waals surface area (Å²) in [5.74, 6) is -1.78. The van der Waals surface area contributed by atoms with Gasteiger partial charge in [-0.1, -0.05) is 6.92 Å². The summed E-state index contributed by atoms with van der Waals surface area (Å²) in [6.45, 7) is 5.44. The standard InChI is InChI=1S/C15H21NO7S/c1-8-13(21-10(3)18)12(7-20-9(2)17)23-15(24-6-5-16)14(8)22-11(4)19/h8,12-15H,6-7H2,1-4H3. The molecule has 5 unspecified atom stereocenters. The van der Waals surface area contributed by atoms with E-state index in [0.29, 0.717) is 0 Å². The van der Waals surface area contributed by atoms with Crippen molar-refractivity contribution in [2.24, 2.45) is 5.92 Å². The van der Waals surface area contributed by atoms with Gasteiger partial charge in [-0.3, -0.25) is 14.4 Å². The van der Waals surface area contributed by atoms with Gasteiger partial charge in [-0.2, -0.15) is 5.26 Å². The normalized spacial score (nSPS) is 29.2. The number of carbonyl (C=O) groups excluding carboxylic acids is 3. The van der Waals surface area contributed by atoms with Gasteiger partial charge >= 0.3 is 17.9 Å². The van der Waals surface area contributed by atoms with E-state index in [2.05, 4.69) is 0 Å². The highest BCUT2D eigenvalue weighted by atomic mass is 32.2. The molecule has 1 heterocycles. The van der Waals surface area contributed by atoms with Crippen LogP contribution < -0.4 is 0 Å². The Morgan fingerprint density at radius 1 is 1.08 bits per heavy atom. The summed E-state index contributed by atoms with van der Waals surface area (Å²) >= 11 is 1.17. The van der Waals surface area contributed by atoms with Crippen molar-refractivity contribution in [2.75, 3.05) is 12.4 Å². The van der Waals surface area contributed by atoms with Crippen LogP contribution >= 0.6 is 11.8 Å². The number of thioether (sulfide) groups is 1. The highest BCUT2D eigenvalue weighted by molar-refractivity contribution is 8.00. The molecule has 5 atom stereocenters. The number of ether oxygens (including phenoxy) is 4. The van der Waals surface area contributed by atoms with Crippen LogP contribution in [-0.2, 0) is 33.3 Å². The highest BCUT2D eigenvalue weighted by Crippen LogP contribution is 2.35. The van der Waals surface area contributed by atoms with E-state index in [9.17, 15) is 14.4 Å². The average Bonchev–Trinajstić information content (AvgIpc) is 2.48. The van der Waals surface area contributed by atoms with Crippen LogP contribution in [0.25, 0.3) is 0 Å². The van der Waals surface area contributed by atoms with E-state index >= 15 is 0 Å². The van der Waals surface area contributed by atoms with Crippen LogP contribution in [0.1, 0.15) is 27.7 Å². The van der Waals surface area contributed by atoms with Crippen LogP contribution in [0.4, 0.5) is 0 Å². The molecule has 0 radical (unpaired) electrons. The number of esters is 3. The van der Waals surface area contributed by atoms with Crippen LogP contribution in [0.15, 0.2) is 0 Å². The molecule has 24 heavy (non-hydrogen) atoms. The fraction of sp³-hybridized carbons (Fsp3) is 0.733. The van der Waals surface area contributed by atoms with Gasteiger partial charge in [0.05, 0.1) is 11.8 Å². The molecule has 0 saturated carbocycles. The van der Waals surface area contributed by atoms with Gasteiger partial charge in [-0.25, -0.2) is 0 Å². The van der Waals surface area contributed by atoms with Crippen LogP contribution in [0, 0.1) is 17.2 Å². The van der Waals surface area contributed by atoms with Crippen LogP contribution in [-0.4, -0.2) is 54.0 Å². The minimum absolute atomic E-state index is 0.103. The first-order valence-electron chi connectivity index (χ1n) is 7.38. The fourth-order valence-corrected chi connectivity index (χ4v) is 3.37. The second-order valence-corrected chi connectivity index (χ2v) is 6.41. The summed E-state index contributed by atoms with van der Waals surface area (Å²) in [6.07, 6.45) is -2.15. The minimum atomic E-state index is -0.745. The van der Waals surface area contributed by atoms with E-state index < -0.39 is 47.6 Å². The Morgan fingerprint density at radius 3 is 2.17 bits per heavy atom. The smallest absolute Gasteiger partial charge is 0.303 e. The molecule has 1 fully saturated rings. The zero-order valence-electron chi connectivity index (χ0n) is 14.0. The molecule has 1 rings (SSSR count). The maximum Gasteiger partial charge on any atom is 0.303 e. The van der Waals surface area contributed by atoms with E-state index in [1.807, 2.05) is 6.07 Å². The van der Waals surface area contributed by atoms with Gasteiger partial charge in [0.15, 0.2) is 0 Å². The molecule has 0 aromatic rings. The summed E-state index contributed by atoms with van der Waals surface area (Å²) in [5.41, 5.74) is -0.629. The quantitative estimate of drug-likeness (QED) is 0.507. The van der Waals surface area contributed by atoms with E-state index in [1.165, 1.54) is 32.5 Å². The molecule has 0 aromatic heterocycles. The summed E-state index contributed by atoms with van der Waals surface area (Å²) in [7, 11) is 0. The van der Waals surface area contributed by atoms with Gasteiger partial charge in [0.25, 0.3) is 0 Å². The molecule has 8 nitrogen and oxygen atoms in total. The lowest BCUT2D eigenvalue weighted by Crippen LogP contribution is -2.56. The molecular weight excluding hydrogens is 338 g/mol. The zero-order chi connectivity index (χ0) is 18.3. The number of nitriles is 1. The lowest BCUT2D eigenvalue weighted by Gasteiger charge is -2.43. The first-order valence-corrected chi connectivity index (χ1v) is 8.43. The Balaban J connectivity index is 3.00. The zero-order valence-corrected chi connectivity index (χ0v) is 14.8. The lowest BCUT2D eigenvalue weighted by atomic mass is 9.91. The number of carbonyl (C=O) groups is 3. The molecule has 0 N–H and O–H groups in total. The third kappa shape index (κ3) is 6.02. The predicted octanol–water partition coefficient (Wildman–Crippen LogP) is 1.03. The van der Waals surface area contributed by atoms with Gasteiger partial charge < -0.3 is 18.9 Å². The fourth-order valence-electron chi connectivity index (χ4n) is 2.42. The van der Waals surface area contributed by atoms with E-state index in [4.69, 9.17) is 24.2 Å². The van der Waals surface area contributed by atoms with Crippen molar-refractivity contribution in [1.82, 2.24) is 0 Å². The van der Waals surface area contributed by atoms with Crippen molar-refractivity contribution in [1.29, 1.82) is 5.26 Å². The molecule has 0 aromatic carbocycles. The summed E-state index contributed by atoms with van der Waals surface area (Å²) in [6, 6.07) is 1.98. The first kappa shape index (κ1) is 20.3. The SMILES string of the molecule is CC(=O)OCC1OC(SCC#N)C(OC(C)=O)C(C)C1OC(C)=O. The van der Waals surface area contributed by atoms with Crippen LogP contribution in [0.2, 0.25) is 0 Å². The minimum Gasteiger partial charge on any atom is -0.463 e. The summed E-state index contributed by atoms with van der Waals surface area (Å²) in [4.78, 5) is 33.8. The maximum absolute atomic E-state index is 11.4. The molecule has 0 amide bonds.